The van der Waals surface area contributed by atoms with E-state index in [1.165, 1.54) is 0 Å². The van der Waals surface area contributed by atoms with Crippen molar-refractivity contribution in [2.24, 2.45) is 0 Å². The molecule has 0 unspecified atom stereocenters. The number of anilines is 2. The molecule has 2 aliphatic rings. The van der Waals surface area contributed by atoms with Gasteiger partial charge in [0.15, 0.2) is 11.2 Å². The highest BCUT2D eigenvalue weighted by Gasteiger charge is 2.13. The second kappa shape index (κ2) is 8.50. The lowest BCUT2D eigenvalue weighted by molar-refractivity contribution is -0.119. The van der Waals surface area contributed by atoms with Crippen LogP contribution >= 0.6 is 0 Å². The Hall–Kier alpha value is -3.82. The lowest BCUT2D eigenvalue weighted by atomic mass is 10.1. The molecule has 158 valence electrons. The van der Waals surface area contributed by atoms with Gasteiger partial charge in [0.2, 0.25) is 5.95 Å². The van der Waals surface area contributed by atoms with Gasteiger partial charge < -0.3 is 10.1 Å². The van der Waals surface area contributed by atoms with Gasteiger partial charge in [0.1, 0.15) is 17.2 Å². The number of nitrogens with one attached hydrogen (secondary N) is 1. The summed E-state index contributed by atoms with van der Waals surface area (Å²) < 4.78 is 9.16. The smallest absolute Gasteiger partial charge is 0.229 e. The SMILES string of the molecule is O=C1CCCCCOc2ccc(cc2)Nc2ncc3nnn(c3n2)-c2cnn(c2)CC1. The minimum absolute atomic E-state index is 0.245. The standard InChI is InChI=1S/C21H22N8O2/c30-17-4-2-1-3-11-31-18-7-5-15(6-8-18)24-21-22-13-19-20(25-21)29(27-26-19)16-12-23-28(14-16)10-9-17/h5-8,12-14H,1-4,9-11H2,(H,22,24,25). The van der Waals surface area contributed by atoms with E-state index in [9.17, 15) is 4.79 Å². The summed E-state index contributed by atoms with van der Waals surface area (Å²) in [6.07, 6.45) is 8.97. The average Bonchev–Trinajstić information content (AvgIpc) is 3.42. The number of Topliss-reactive ketones (excluding diaryl/α,β-unsaturated/α-hetero) is 1. The van der Waals surface area contributed by atoms with Crippen LogP contribution in [0.15, 0.2) is 42.9 Å². The van der Waals surface area contributed by atoms with Crippen molar-refractivity contribution in [2.45, 2.75) is 38.6 Å². The molecule has 0 radical (unpaired) electrons. The van der Waals surface area contributed by atoms with Gasteiger partial charge in [-0.05, 0) is 43.5 Å². The van der Waals surface area contributed by atoms with Crippen LogP contribution in [0, 0.1) is 0 Å². The number of rotatable bonds is 0. The van der Waals surface area contributed by atoms with Crippen molar-refractivity contribution >= 4 is 28.6 Å². The summed E-state index contributed by atoms with van der Waals surface area (Å²) in [4.78, 5) is 21.1. The molecule has 10 nitrogen and oxygen atoms in total. The molecule has 6 rings (SSSR count). The van der Waals surface area contributed by atoms with E-state index < -0.39 is 0 Å². The Morgan fingerprint density at radius 3 is 2.84 bits per heavy atom. The first-order chi connectivity index (χ1) is 15.2. The van der Waals surface area contributed by atoms with E-state index in [1.54, 1.807) is 21.8 Å². The highest BCUT2D eigenvalue weighted by molar-refractivity contribution is 5.78. The first-order valence-corrected chi connectivity index (χ1v) is 10.4. The zero-order valence-corrected chi connectivity index (χ0v) is 16.9. The van der Waals surface area contributed by atoms with E-state index >= 15 is 0 Å². The normalized spacial score (nSPS) is 15.4. The molecular formula is C21H22N8O2. The summed E-state index contributed by atoms with van der Waals surface area (Å²) >= 11 is 0. The molecule has 0 amide bonds. The summed E-state index contributed by atoms with van der Waals surface area (Å²) in [7, 11) is 0. The van der Waals surface area contributed by atoms with Crippen molar-refractivity contribution in [1.29, 1.82) is 0 Å². The molecule has 5 heterocycles. The van der Waals surface area contributed by atoms with Gasteiger partial charge in [0.05, 0.1) is 25.2 Å². The van der Waals surface area contributed by atoms with Crippen LogP contribution in [0.5, 0.6) is 5.75 Å². The van der Waals surface area contributed by atoms with Crippen molar-refractivity contribution in [3.8, 4) is 11.4 Å². The highest BCUT2D eigenvalue weighted by Crippen LogP contribution is 2.21. The highest BCUT2D eigenvalue weighted by atomic mass is 16.5. The molecule has 0 saturated heterocycles. The second-order valence-electron chi connectivity index (χ2n) is 7.46. The molecule has 0 spiro atoms. The number of ketones is 1. The van der Waals surface area contributed by atoms with E-state index in [4.69, 9.17) is 4.74 Å². The maximum absolute atomic E-state index is 12.2. The first kappa shape index (κ1) is 19.2. The lowest BCUT2D eigenvalue weighted by Crippen LogP contribution is -2.06. The number of nitrogens with zero attached hydrogens (tertiary/aromatic N) is 7. The predicted molar refractivity (Wildman–Crippen MR) is 114 cm³/mol. The molecule has 0 atom stereocenters. The zero-order chi connectivity index (χ0) is 21.0. The third kappa shape index (κ3) is 4.37. The molecule has 0 saturated carbocycles. The van der Waals surface area contributed by atoms with Crippen molar-refractivity contribution in [1.82, 2.24) is 34.7 Å². The molecule has 1 aromatic carbocycles. The predicted octanol–water partition coefficient (Wildman–Crippen LogP) is 3.06. The maximum atomic E-state index is 12.2. The second-order valence-corrected chi connectivity index (χ2v) is 7.46. The first-order valence-electron chi connectivity index (χ1n) is 10.4. The lowest BCUT2D eigenvalue weighted by Gasteiger charge is -2.08. The van der Waals surface area contributed by atoms with Gasteiger partial charge in [-0.2, -0.15) is 14.8 Å². The Labute approximate surface area is 178 Å². The zero-order valence-electron chi connectivity index (χ0n) is 16.9. The van der Waals surface area contributed by atoms with Gasteiger partial charge in [-0.3, -0.25) is 9.48 Å². The Morgan fingerprint density at radius 2 is 1.94 bits per heavy atom. The molecule has 0 fully saturated rings. The number of fused-ring (bicyclic) bond motifs is 10. The number of carbonyl (C=O) groups is 1. The molecule has 2 aliphatic heterocycles. The minimum Gasteiger partial charge on any atom is -0.494 e. The molecule has 10 heteroatoms. The van der Waals surface area contributed by atoms with Crippen LogP contribution < -0.4 is 10.1 Å². The minimum atomic E-state index is 0.245. The van der Waals surface area contributed by atoms with Gasteiger partial charge in [-0.1, -0.05) is 5.21 Å². The van der Waals surface area contributed by atoms with Crippen LogP contribution in [0.4, 0.5) is 11.6 Å². The summed E-state index contributed by atoms with van der Waals surface area (Å²) in [6.45, 7) is 1.16. The molecule has 4 aromatic rings. The molecule has 0 aliphatic carbocycles. The number of hydrogen-bond acceptors (Lipinski definition) is 8. The van der Waals surface area contributed by atoms with Crippen molar-refractivity contribution < 1.29 is 9.53 Å². The van der Waals surface area contributed by atoms with Crippen LogP contribution in [0.25, 0.3) is 16.9 Å². The monoisotopic (exact) mass is 418 g/mol. The third-order valence-electron chi connectivity index (χ3n) is 5.16. The Kier molecular flexibility index (Phi) is 5.26. The van der Waals surface area contributed by atoms with Crippen LogP contribution in [-0.2, 0) is 11.3 Å². The molecule has 3 aromatic heterocycles. The van der Waals surface area contributed by atoms with E-state index in [1.807, 2.05) is 30.5 Å². The van der Waals surface area contributed by atoms with Gasteiger partial charge in [0.25, 0.3) is 0 Å². The number of aromatic nitrogens is 7. The van der Waals surface area contributed by atoms with Gasteiger partial charge in [0, 0.05) is 25.1 Å². The fourth-order valence-corrected chi connectivity index (χ4v) is 3.47. The average molecular weight is 418 g/mol. The van der Waals surface area contributed by atoms with Gasteiger partial charge in [-0.15, -0.1) is 5.10 Å². The Balaban J connectivity index is 1.46. The largest absolute Gasteiger partial charge is 0.494 e. The van der Waals surface area contributed by atoms with Crippen molar-refractivity contribution in [2.75, 3.05) is 11.9 Å². The van der Waals surface area contributed by atoms with E-state index in [2.05, 4.69) is 30.7 Å². The quantitative estimate of drug-likeness (QED) is 0.464. The number of ether oxygens (including phenoxy) is 1. The summed E-state index contributed by atoms with van der Waals surface area (Å²) in [5.41, 5.74) is 2.73. The van der Waals surface area contributed by atoms with Crippen LogP contribution in [0.3, 0.4) is 0 Å². The number of hydrogen-bond donors (Lipinski definition) is 1. The Bertz CT molecular complexity index is 1200. The van der Waals surface area contributed by atoms with E-state index in [0.29, 0.717) is 43.1 Å². The summed E-state index contributed by atoms with van der Waals surface area (Å²) in [5, 5.41) is 15.9. The van der Waals surface area contributed by atoms with Crippen molar-refractivity contribution in [3.63, 3.8) is 0 Å². The summed E-state index contributed by atoms with van der Waals surface area (Å²) in [6, 6.07) is 7.66. The van der Waals surface area contributed by atoms with Gasteiger partial charge in [-0.25, -0.2) is 4.98 Å². The van der Waals surface area contributed by atoms with Crippen LogP contribution in [-0.4, -0.2) is 47.1 Å². The fraction of sp³-hybridized carbons (Fsp3) is 0.333. The van der Waals surface area contributed by atoms with Crippen LogP contribution in [0.1, 0.15) is 32.1 Å². The topological polar surface area (TPSA) is 113 Å². The number of aryl methyl sites for hydroxylation is 1. The molecular weight excluding hydrogens is 396 g/mol. The molecule has 1 N–H and O–H groups in total. The number of benzene rings is 1. The Morgan fingerprint density at radius 1 is 1.03 bits per heavy atom. The van der Waals surface area contributed by atoms with Crippen molar-refractivity contribution in [3.05, 3.63) is 42.9 Å². The maximum Gasteiger partial charge on any atom is 0.229 e. The fourth-order valence-electron chi connectivity index (χ4n) is 3.47. The number of carbonyl (C=O) groups excluding carboxylic acids is 1. The summed E-state index contributed by atoms with van der Waals surface area (Å²) in [5.74, 6) is 1.49. The van der Waals surface area contributed by atoms with Crippen LogP contribution in [0.2, 0.25) is 0 Å². The third-order valence-corrected chi connectivity index (χ3v) is 5.16. The molecule has 31 heavy (non-hydrogen) atoms. The van der Waals surface area contributed by atoms with E-state index in [-0.39, 0.29) is 5.78 Å². The molecule has 6 bridgehead atoms. The van der Waals surface area contributed by atoms with E-state index in [0.717, 1.165) is 36.4 Å². The van der Waals surface area contributed by atoms with Gasteiger partial charge >= 0.3 is 0 Å².